The zero-order valence-corrected chi connectivity index (χ0v) is 12.5. The first-order valence-corrected chi connectivity index (χ1v) is 7.01. The Morgan fingerprint density at radius 3 is 2.33 bits per heavy atom. The Morgan fingerprint density at radius 1 is 1.33 bits per heavy atom. The third-order valence-corrected chi connectivity index (χ3v) is 4.05. The lowest BCUT2D eigenvalue weighted by atomic mass is 9.88. The lowest BCUT2D eigenvalue weighted by Crippen LogP contribution is -2.42. The van der Waals surface area contributed by atoms with E-state index in [-0.39, 0.29) is 30.0 Å². The second-order valence-corrected chi connectivity index (χ2v) is 5.59. The molecule has 0 aliphatic carbocycles. The van der Waals surface area contributed by atoms with Gasteiger partial charge in [-0.05, 0) is 26.7 Å². The third kappa shape index (κ3) is 3.42. The molecule has 0 aromatic rings. The maximum absolute atomic E-state index is 12.5. The molecule has 0 aromatic heterocycles. The normalized spacial score (nSPS) is 31.3. The molecule has 1 fully saturated rings. The molecule has 0 bridgehead atoms. The largest absolute Gasteiger partial charge is 0.393 e. The highest BCUT2D eigenvalue weighted by Gasteiger charge is 2.42. The summed E-state index contributed by atoms with van der Waals surface area (Å²) >= 11 is 4.86. The summed E-state index contributed by atoms with van der Waals surface area (Å²) in [5.41, 5.74) is 5.49. The SMILES string of the molecule is CCN(CCC(N)=S)C(=O)C1C(C)OC(C)C1C. The maximum Gasteiger partial charge on any atom is 0.228 e. The van der Waals surface area contributed by atoms with Crippen LogP contribution in [0.2, 0.25) is 0 Å². The van der Waals surface area contributed by atoms with Gasteiger partial charge in [-0.15, -0.1) is 0 Å². The predicted molar refractivity (Wildman–Crippen MR) is 76.3 cm³/mol. The lowest BCUT2D eigenvalue weighted by Gasteiger charge is -2.27. The van der Waals surface area contributed by atoms with Gasteiger partial charge in [-0.1, -0.05) is 19.1 Å². The number of nitrogens with zero attached hydrogens (tertiary/aromatic N) is 1. The second-order valence-electron chi connectivity index (χ2n) is 5.07. The smallest absolute Gasteiger partial charge is 0.228 e. The van der Waals surface area contributed by atoms with Crippen molar-refractivity contribution < 1.29 is 9.53 Å². The van der Waals surface area contributed by atoms with Crippen molar-refractivity contribution in [1.29, 1.82) is 0 Å². The summed E-state index contributed by atoms with van der Waals surface area (Å²) in [6, 6.07) is 0. The topological polar surface area (TPSA) is 55.6 Å². The summed E-state index contributed by atoms with van der Waals surface area (Å²) in [7, 11) is 0. The monoisotopic (exact) mass is 272 g/mol. The molecular weight excluding hydrogens is 248 g/mol. The van der Waals surface area contributed by atoms with Crippen LogP contribution in [0, 0.1) is 11.8 Å². The van der Waals surface area contributed by atoms with Crippen molar-refractivity contribution in [2.45, 2.75) is 46.3 Å². The number of carbonyl (C=O) groups excluding carboxylic acids is 1. The Labute approximate surface area is 115 Å². The number of hydrogen-bond acceptors (Lipinski definition) is 3. The number of ether oxygens (including phenoxy) is 1. The van der Waals surface area contributed by atoms with E-state index < -0.39 is 0 Å². The molecule has 1 aliphatic rings. The summed E-state index contributed by atoms with van der Waals surface area (Å²) in [5, 5.41) is 0. The van der Waals surface area contributed by atoms with E-state index in [1.54, 1.807) is 0 Å². The molecule has 18 heavy (non-hydrogen) atoms. The predicted octanol–water partition coefficient (Wildman–Crippen LogP) is 1.57. The van der Waals surface area contributed by atoms with Gasteiger partial charge < -0.3 is 15.4 Å². The van der Waals surface area contributed by atoms with Crippen molar-refractivity contribution in [3.8, 4) is 0 Å². The number of thiocarbonyl (C=S) groups is 1. The van der Waals surface area contributed by atoms with Crippen LogP contribution in [0.3, 0.4) is 0 Å². The molecule has 0 spiro atoms. The fraction of sp³-hybridized carbons (Fsp3) is 0.846. The Bertz CT molecular complexity index is 322. The van der Waals surface area contributed by atoms with Gasteiger partial charge in [-0.25, -0.2) is 0 Å². The average Bonchev–Trinajstić information content (AvgIpc) is 2.53. The van der Waals surface area contributed by atoms with Gasteiger partial charge in [0.15, 0.2) is 0 Å². The molecule has 1 rings (SSSR count). The van der Waals surface area contributed by atoms with Gasteiger partial charge >= 0.3 is 0 Å². The first kappa shape index (κ1) is 15.4. The Hall–Kier alpha value is -0.680. The van der Waals surface area contributed by atoms with E-state index in [1.807, 2.05) is 25.7 Å². The molecule has 4 unspecified atom stereocenters. The van der Waals surface area contributed by atoms with Crippen LogP contribution in [0.25, 0.3) is 0 Å². The molecular formula is C13H24N2O2S. The van der Waals surface area contributed by atoms with Crippen molar-refractivity contribution in [2.75, 3.05) is 13.1 Å². The molecule has 104 valence electrons. The van der Waals surface area contributed by atoms with Crippen molar-refractivity contribution in [2.24, 2.45) is 17.6 Å². The number of amides is 1. The van der Waals surface area contributed by atoms with Gasteiger partial charge in [-0.2, -0.15) is 0 Å². The Balaban J connectivity index is 2.68. The van der Waals surface area contributed by atoms with Crippen LogP contribution in [0.1, 0.15) is 34.1 Å². The molecule has 2 N–H and O–H groups in total. The van der Waals surface area contributed by atoms with E-state index in [2.05, 4.69) is 6.92 Å². The summed E-state index contributed by atoms with van der Waals surface area (Å²) in [6.45, 7) is 9.36. The Kier molecular flexibility index (Phi) is 5.53. The van der Waals surface area contributed by atoms with Crippen molar-refractivity contribution in [3.63, 3.8) is 0 Å². The van der Waals surface area contributed by atoms with Gasteiger partial charge in [0, 0.05) is 19.5 Å². The lowest BCUT2D eigenvalue weighted by molar-refractivity contribution is -0.137. The molecule has 4 atom stereocenters. The summed E-state index contributed by atoms with van der Waals surface area (Å²) < 4.78 is 5.73. The molecule has 1 saturated heterocycles. The van der Waals surface area contributed by atoms with Crippen LogP contribution < -0.4 is 5.73 Å². The van der Waals surface area contributed by atoms with E-state index in [0.717, 1.165) is 0 Å². The zero-order valence-electron chi connectivity index (χ0n) is 11.7. The summed E-state index contributed by atoms with van der Waals surface area (Å²) in [5.74, 6) is 0.371. The van der Waals surface area contributed by atoms with Crippen LogP contribution in [0.4, 0.5) is 0 Å². The second kappa shape index (κ2) is 6.48. The minimum absolute atomic E-state index is 0.0126. The van der Waals surface area contributed by atoms with Crippen molar-refractivity contribution >= 4 is 23.1 Å². The quantitative estimate of drug-likeness (QED) is 0.772. The summed E-state index contributed by atoms with van der Waals surface area (Å²) in [4.78, 5) is 14.8. The van der Waals surface area contributed by atoms with Gasteiger partial charge in [0.1, 0.15) is 0 Å². The molecule has 1 aliphatic heterocycles. The third-order valence-electron chi connectivity index (χ3n) is 3.85. The maximum atomic E-state index is 12.5. The zero-order chi connectivity index (χ0) is 13.9. The van der Waals surface area contributed by atoms with Crippen LogP contribution in [0.5, 0.6) is 0 Å². The number of rotatable bonds is 5. The molecule has 0 radical (unpaired) electrons. The standard InChI is InChI=1S/C13H24N2O2S/c1-5-15(7-6-11(14)18)13(16)12-8(2)9(3)17-10(12)4/h8-10,12H,5-7H2,1-4H3,(H2,14,18). The van der Waals surface area contributed by atoms with Crippen LogP contribution in [0.15, 0.2) is 0 Å². The number of carbonyl (C=O) groups is 1. The molecule has 0 aromatic carbocycles. The van der Waals surface area contributed by atoms with Crippen LogP contribution in [-0.2, 0) is 9.53 Å². The van der Waals surface area contributed by atoms with E-state index in [0.29, 0.717) is 24.5 Å². The van der Waals surface area contributed by atoms with E-state index in [4.69, 9.17) is 22.7 Å². The highest BCUT2D eigenvalue weighted by Crippen LogP contribution is 2.33. The molecule has 0 saturated carbocycles. The van der Waals surface area contributed by atoms with Crippen LogP contribution >= 0.6 is 12.2 Å². The van der Waals surface area contributed by atoms with Gasteiger partial charge in [0.2, 0.25) is 5.91 Å². The molecule has 5 heteroatoms. The van der Waals surface area contributed by atoms with Gasteiger partial charge in [0.25, 0.3) is 0 Å². The van der Waals surface area contributed by atoms with Crippen molar-refractivity contribution in [1.82, 2.24) is 4.90 Å². The van der Waals surface area contributed by atoms with E-state index >= 15 is 0 Å². The van der Waals surface area contributed by atoms with Crippen LogP contribution in [-0.4, -0.2) is 41.1 Å². The molecule has 4 nitrogen and oxygen atoms in total. The van der Waals surface area contributed by atoms with E-state index in [9.17, 15) is 4.79 Å². The first-order chi connectivity index (χ1) is 8.38. The van der Waals surface area contributed by atoms with Gasteiger partial charge in [0.05, 0.1) is 23.1 Å². The van der Waals surface area contributed by atoms with E-state index in [1.165, 1.54) is 0 Å². The minimum atomic E-state index is -0.0497. The van der Waals surface area contributed by atoms with Gasteiger partial charge in [-0.3, -0.25) is 4.79 Å². The number of hydrogen-bond donors (Lipinski definition) is 1. The molecule has 1 amide bonds. The minimum Gasteiger partial charge on any atom is -0.393 e. The highest BCUT2D eigenvalue weighted by molar-refractivity contribution is 7.80. The fourth-order valence-corrected chi connectivity index (χ4v) is 2.66. The van der Waals surface area contributed by atoms with Crippen molar-refractivity contribution in [3.05, 3.63) is 0 Å². The molecule has 1 heterocycles. The fourth-order valence-electron chi connectivity index (χ4n) is 2.57. The first-order valence-electron chi connectivity index (χ1n) is 6.61. The average molecular weight is 272 g/mol. The Morgan fingerprint density at radius 2 is 1.94 bits per heavy atom. The highest BCUT2D eigenvalue weighted by atomic mass is 32.1. The number of nitrogens with two attached hydrogens (primary N) is 1. The summed E-state index contributed by atoms with van der Waals surface area (Å²) in [6.07, 6.45) is 0.713.